The van der Waals surface area contributed by atoms with E-state index in [-0.39, 0.29) is 11.7 Å². The minimum atomic E-state index is -0.263. The molecule has 0 fully saturated rings. The van der Waals surface area contributed by atoms with Crippen molar-refractivity contribution in [3.05, 3.63) is 53.3 Å². The Kier molecular flexibility index (Phi) is 3.25. The van der Waals surface area contributed by atoms with Gasteiger partial charge in [-0.2, -0.15) is 0 Å². The standard InChI is InChI=1S/C16H16FN3O/c1-19-16(21)11-3-5-14(13(18)8-11)20-7-6-10-2-4-12(17)9-15(10)20/h2-5,8-9H,6-7,18H2,1H3,(H,19,21). The average molecular weight is 285 g/mol. The number of carbonyl (C=O) groups excluding carboxylic acids is 1. The first-order chi connectivity index (χ1) is 10.1. The molecule has 0 radical (unpaired) electrons. The zero-order valence-corrected chi connectivity index (χ0v) is 11.7. The Morgan fingerprint density at radius 3 is 2.76 bits per heavy atom. The van der Waals surface area contributed by atoms with Crippen molar-refractivity contribution in [3.63, 3.8) is 0 Å². The van der Waals surface area contributed by atoms with E-state index in [9.17, 15) is 9.18 Å². The van der Waals surface area contributed by atoms with E-state index < -0.39 is 0 Å². The van der Waals surface area contributed by atoms with E-state index in [2.05, 4.69) is 5.32 Å². The predicted octanol–water partition coefficient (Wildman–Crippen LogP) is 2.46. The first-order valence-electron chi connectivity index (χ1n) is 6.77. The summed E-state index contributed by atoms with van der Waals surface area (Å²) < 4.78 is 13.5. The number of rotatable bonds is 2. The smallest absolute Gasteiger partial charge is 0.251 e. The molecule has 2 aromatic rings. The summed E-state index contributed by atoms with van der Waals surface area (Å²) in [6.45, 7) is 0.752. The number of carbonyl (C=O) groups is 1. The fraction of sp³-hybridized carbons (Fsp3) is 0.188. The Balaban J connectivity index is 2.00. The molecule has 0 spiro atoms. The molecule has 5 heteroatoms. The van der Waals surface area contributed by atoms with Crippen LogP contribution in [0.4, 0.5) is 21.5 Å². The van der Waals surface area contributed by atoms with Gasteiger partial charge in [-0.15, -0.1) is 0 Å². The summed E-state index contributed by atoms with van der Waals surface area (Å²) >= 11 is 0. The van der Waals surface area contributed by atoms with Crippen molar-refractivity contribution in [3.8, 4) is 0 Å². The van der Waals surface area contributed by atoms with Crippen LogP contribution in [0.5, 0.6) is 0 Å². The van der Waals surface area contributed by atoms with Gasteiger partial charge < -0.3 is 16.0 Å². The van der Waals surface area contributed by atoms with E-state index in [0.717, 1.165) is 29.9 Å². The molecule has 1 amide bonds. The van der Waals surface area contributed by atoms with Crippen molar-refractivity contribution in [2.75, 3.05) is 24.2 Å². The average Bonchev–Trinajstić information content (AvgIpc) is 2.89. The lowest BCUT2D eigenvalue weighted by Gasteiger charge is -2.22. The number of benzene rings is 2. The van der Waals surface area contributed by atoms with Gasteiger partial charge in [0.25, 0.3) is 5.91 Å². The van der Waals surface area contributed by atoms with Gasteiger partial charge in [0.15, 0.2) is 0 Å². The zero-order valence-electron chi connectivity index (χ0n) is 11.7. The fourth-order valence-electron chi connectivity index (χ4n) is 2.69. The minimum absolute atomic E-state index is 0.180. The van der Waals surface area contributed by atoms with E-state index >= 15 is 0 Å². The van der Waals surface area contributed by atoms with E-state index in [1.54, 1.807) is 31.3 Å². The second-order valence-electron chi connectivity index (χ2n) is 5.03. The number of hydrogen-bond donors (Lipinski definition) is 2. The Hall–Kier alpha value is -2.56. The lowest BCUT2D eigenvalue weighted by molar-refractivity contribution is 0.0963. The van der Waals surface area contributed by atoms with E-state index in [4.69, 9.17) is 5.73 Å². The largest absolute Gasteiger partial charge is 0.397 e. The molecule has 0 aliphatic carbocycles. The molecule has 3 N–H and O–H groups in total. The first-order valence-corrected chi connectivity index (χ1v) is 6.77. The normalized spacial score (nSPS) is 13.1. The molecule has 0 unspecified atom stereocenters. The summed E-state index contributed by atoms with van der Waals surface area (Å²) in [5, 5.41) is 2.56. The molecule has 4 nitrogen and oxygen atoms in total. The van der Waals surface area contributed by atoms with Crippen molar-refractivity contribution in [1.82, 2.24) is 5.32 Å². The van der Waals surface area contributed by atoms with Gasteiger partial charge in [0.1, 0.15) is 5.82 Å². The van der Waals surface area contributed by atoms with Crippen LogP contribution in [0.15, 0.2) is 36.4 Å². The maximum Gasteiger partial charge on any atom is 0.251 e. The number of nitrogens with one attached hydrogen (secondary N) is 1. The highest BCUT2D eigenvalue weighted by Crippen LogP contribution is 2.37. The summed E-state index contributed by atoms with van der Waals surface area (Å²) in [6, 6.07) is 9.97. The van der Waals surface area contributed by atoms with Crippen LogP contribution >= 0.6 is 0 Å². The first kappa shape index (κ1) is 13.4. The highest BCUT2D eigenvalue weighted by atomic mass is 19.1. The molecule has 1 aliphatic heterocycles. The van der Waals surface area contributed by atoms with Crippen LogP contribution in [0.1, 0.15) is 15.9 Å². The number of hydrogen-bond acceptors (Lipinski definition) is 3. The van der Waals surface area contributed by atoms with Crippen LogP contribution in [0.2, 0.25) is 0 Å². The number of nitrogens with two attached hydrogens (primary N) is 1. The third kappa shape index (κ3) is 2.31. The van der Waals surface area contributed by atoms with Crippen molar-refractivity contribution < 1.29 is 9.18 Å². The topological polar surface area (TPSA) is 58.4 Å². The Morgan fingerprint density at radius 1 is 1.24 bits per heavy atom. The number of fused-ring (bicyclic) bond motifs is 1. The number of anilines is 3. The molecule has 1 heterocycles. The third-order valence-corrected chi connectivity index (χ3v) is 3.75. The molecular weight excluding hydrogens is 269 g/mol. The lowest BCUT2D eigenvalue weighted by atomic mass is 10.1. The van der Waals surface area contributed by atoms with Crippen molar-refractivity contribution in [1.29, 1.82) is 0 Å². The molecule has 0 saturated carbocycles. The van der Waals surface area contributed by atoms with Gasteiger partial charge in [0, 0.05) is 24.8 Å². The van der Waals surface area contributed by atoms with Crippen LogP contribution in [0.25, 0.3) is 0 Å². The fourth-order valence-corrected chi connectivity index (χ4v) is 2.69. The van der Waals surface area contributed by atoms with Crippen LogP contribution in [-0.4, -0.2) is 19.5 Å². The molecule has 0 bridgehead atoms. The number of nitrogens with zero attached hydrogens (tertiary/aromatic N) is 1. The van der Waals surface area contributed by atoms with Crippen LogP contribution in [0, 0.1) is 5.82 Å². The van der Waals surface area contributed by atoms with Gasteiger partial charge >= 0.3 is 0 Å². The molecule has 0 saturated heterocycles. The molecule has 0 aromatic heterocycles. The maximum absolute atomic E-state index is 13.5. The summed E-state index contributed by atoms with van der Waals surface area (Å²) in [4.78, 5) is 13.6. The monoisotopic (exact) mass is 285 g/mol. The number of amides is 1. The minimum Gasteiger partial charge on any atom is -0.397 e. The lowest BCUT2D eigenvalue weighted by Crippen LogP contribution is -2.19. The van der Waals surface area contributed by atoms with Gasteiger partial charge in [-0.25, -0.2) is 4.39 Å². The van der Waals surface area contributed by atoms with Crippen LogP contribution in [-0.2, 0) is 6.42 Å². The second-order valence-corrected chi connectivity index (χ2v) is 5.03. The van der Waals surface area contributed by atoms with Gasteiger partial charge in [-0.05, 0) is 42.3 Å². The number of nitrogen functional groups attached to an aromatic ring is 1. The molecule has 21 heavy (non-hydrogen) atoms. The summed E-state index contributed by atoms with van der Waals surface area (Å²) in [5.41, 5.74) is 9.84. The third-order valence-electron chi connectivity index (χ3n) is 3.75. The summed E-state index contributed by atoms with van der Waals surface area (Å²) in [6.07, 6.45) is 0.853. The molecule has 108 valence electrons. The highest BCUT2D eigenvalue weighted by Gasteiger charge is 2.22. The van der Waals surface area contributed by atoms with Gasteiger partial charge in [0.2, 0.25) is 0 Å². The predicted molar refractivity (Wildman–Crippen MR) is 81.4 cm³/mol. The molecule has 3 rings (SSSR count). The van der Waals surface area contributed by atoms with Crippen LogP contribution in [0.3, 0.4) is 0 Å². The summed E-state index contributed by atoms with van der Waals surface area (Å²) in [7, 11) is 1.58. The van der Waals surface area contributed by atoms with Gasteiger partial charge in [-0.1, -0.05) is 6.07 Å². The molecular formula is C16H16FN3O. The Morgan fingerprint density at radius 2 is 2.05 bits per heavy atom. The number of halogens is 1. The van der Waals surface area contributed by atoms with Crippen molar-refractivity contribution in [2.45, 2.75) is 6.42 Å². The van der Waals surface area contributed by atoms with Crippen LogP contribution < -0.4 is 16.0 Å². The Bertz CT molecular complexity index is 715. The van der Waals surface area contributed by atoms with E-state index in [1.807, 2.05) is 4.90 Å². The molecule has 2 aromatic carbocycles. The zero-order chi connectivity index (χ0) is 15.0. The molecule has 1 aliphatic rings. The van der Waals surface area contributed by atoms with E-state index in [1.165, 1.54) is 12.1 Å². The second kappa shape index (κ2) is 5.09. The van der Waals surface area contributed by atoms with Gasteiger partial charge in [-0.3, -0.25) is 4.79 Å². The van der Waals surface area contributed by atoms with Crippen molar-refractivity contribution >= 4 is 23.0 Å². The van der Waals surface area contributed by atoms with Gasteiger partial charge in [0.05, 0.1) is 11.4 Å². The molecule has 0 atom stereocenters. The quantitative estimate of drug-likeness (QED) is 0.833. The van der Waals surface area contributed by atoms with Crippen molar-refractivity contribution in [2.24, 2.45) is 0 Å². The Labute approximate surface area is 122 Å². The SMILES string of the molecule is CNC(=O)c1ccc(N2CCc3ccc(F)cc32)c(N)c1. The highest BCUT2D eigenvalue weighted by molar-refractivity contribution is 5.96. The summed E-state index contributed by atoms with van der Waals surface area (Å²) in [5.74, 6) is -0.442. The maximum atomic E-state index is 13.5. The van der Waals surface area contributed by atoms with E-state index in [0.29, 0.717) is 11.3 Å².